The maximum absolute atomic E-state index is 11.4. The summed E-state index contributed by atoms with van der Waals surface area (Å²) in [4.78, 5) is 45.3. The first-order valence-electron chi connectivity index (χ1n) is 7.16. The SMILES string of the molecule is CC(=O)N[C@@H]1[C@@H](OC(C)=O)[C@H](OC(C)=O)[C@@H](COC(C)=O)O[C@H]1Br. The number of alkyl halides is 1. The topological polar surface area (TPSA) is 117 Å². The summed E-state index contributed by atoms with van der Waals surface area (Å²) < 4.78 is 21.0. The Kier molecular flexibility index (Phi) is 7.61. The molecule has 1 fully saturated rings. The second-order valence-corrected chi connectivity index (χ2v) is 6.11. The predicted octanol–water partition coefficient (Wildman–Crippen LogP) is 0.0374. The Labute approximate surface area is 147 Å². The van der Waals surface area contributed by atoms with Crippen molar-refractivity contribution in [1.82, 2.24) is 5.32 Å². The quantitative estimate of drug-likeness (QED) is 0.384. The van der Waals surface area contributed by atoms with Crippen LogP contribution in [0.2, 0.25) is 0 Å². The Hall–Kier alpha value is -1.68. The van der Waals surface area contributed by atoms with E-state index in [1.54, 1.807) is 0 Å². The lowest BCUT2D eigenvalue weighted by Gasteiger charge is -2.43. The third kappa shape index (κ3) is 6.08. The zero-order chi connectivity index (χ0) is 18.4. The van der Waals surface area contributed by atoms with Crippen molar-refractivity contribution in [3.63, 3.8) is 0 Å². The van der Waals surface area contributed by atoms with Crippen molar-refractivity contribution in [2.75, 3.05) is 6.61 Å². The summed E-state index contributed by atoms with van der Waals surface area (Å²) >= 11 is 3.25. The minimum absolute atomic E-state index is 0.208. The summed E-state index contributed by atoms with van der Waals surface area (Å²) in [7, 11) is 0. The van der Waals surface area contributed by atoms with E-state index in [4.69, 9.17) is 18.9 Å². The lowest BCUT2D eigenvalue weighted by atomic mass is 9.97. The zero-order valence-electron chi connectivity index (χ0n) is 13.7. The van der Waals surface area contributed by atoms with Gasteiger partial charge in [-0.15, -0.1) is 0 Å². The molecule has 0 radical (unpaired) electrons. The van der Waals surface area contributed by atoms with E-state index in [9.17, 15) is 19.2 Å². The summed E-state index contributed by atoms with van der Waals surface area (Å²) in [6.45, 7) is 4.67. The van der Waals surface area contributed by atoms with Gasteiger partial charge in [-0.05, 0) is 0 Å². The van der Waals surface area contributed by atoms with Gasteiger partial charge >= 0.3 is 17.9 Å². The molecule has 1 N–H and O–H groups in total. The largest absolute Gasteiger partial charge is 0.463 e. The number of ether oxygens (including phenoxy) is 4. The number of hydrogen-bond acceptors (Lipinski definition) is 8. The van der Waals surface area contributed by atoms with E-state index in [1.807, 2.05) is 0 Å². The molecular weight excluding hydrogens is 390 g/mol. The highest BCUT2D eigenvalue weighted by Crippen LogP contribution is 2.29. The number of carbonyl (C=O) groups is 4. The van der Waals surface area contributed by atoms with Gasteiger partial charge in [-0.25, -0.2) is 0 Å². The highest BCUT2D eigenvalue weighted by molar-refractivity contribution is 9.09. The number of halogens is 1. The summed E-state index contributed by atoms with van der Waals surface area (Å²) in [5, 5.41) is 1.84. The van der Waals surface area contributed by atoms with Crippen LogP contribution in [-0.4, -0.2) is 59.8 Å². The number of rotatable bonds is 5. The third-order valence-corrected chi connectivity index (χ3v) is 3.84. The molecule has 1 saturated heterocycles. The van der Waals surface area contributed by atoms with Crippen molar-refractivity contribution in [2.24, 2.45) is 0 Å². The van der Waals surface area contributed by atoms with Crippen LogP contribution in [0.25, 0.3) is 0 Å². The molecule has 1 aliphatic heterocycles. The van der Waals surface area contributed by atoms with E-state index in [0.717, 1.165) is 0 Å². The van der Waals surface area contributed by atoms with E-state index in [0.29, 0.717) is 0 Å². The molecule has 1 aliphatic rings. The van der Waals surface area contributed by atoms with E-state index in [-0.39, 0.29) is 12.5 Å². The minimum atomic E-state index is -1.06. The molecule has 9 nitrogen and oxygen atoms in total. The highest BCUT2D eigenvalue weighted by Gasteiger charge is 2.49. The van der Waals surface area contributed by atoms with Crippen molar-refractivity contribution < 1.29 is 38.1 Å². The van der Waals surface area contributed by atoms with Gasteiger partial charge in [0.25, 0.3) is 0 Å². The fourth-order valence-corrected chi connectivity index (χ4v) is 2.99. The summed E-state index contributed by atoms with van der Waals surface area (Å²) in [6, 6.07) is -0.802. The summed E-state index contributed by atoms with van der Waals surface area (Å²) in [5.41, 5.74) is 0. The van der Waals surface area contributed by atoms with Crippen molar-refractivity contribution >= 4 is 39.7 Å². The zero-order valence-corrected chi connectivity index (χ0v) is 15.3. The lowest BCUT2D eigenvalue weighted by molar-refractivity contribution is -0.211. The van der Waals surface area contributed by atoms with Crippen LogP contribution < -0.4 is 5.32 Å². The van der Waals surface area contributed by atoms with E-state index >= 15 is 0 Å². The minimum Gasteiger partial charge on any atom is -0.463 e. The van der Waals surface area contributed by atoms with Gasteiger partial charge in [0.15, 0.2) is 12.2 Å². The Balaban J connectivity index is 3.11. The average Bonchev–Trinajstić information content (AvgIpc) is 2.42. The van der Waals surface area contributed by atoms with Gasteiger partial charge in [0.2, 0.25) is 5.91 Å². The van der Waals surface area contributed by atoms with Crippen LogP contribution in [-0.2, 0) is 38.1 Å². The van der Waals surface area contributed by atoms with Crippen LogP contribution in [0.15, 0.2) is 0 Å². The van der Waals surface area contributed by atoms with Crippen LogP contribution >= 0.6 is 15.9 Å². The monoisotopic (exact) mass is 409 g/mol. The van der Waals surface area contributed by atoms with Gasteiger partial charge in [-0.2, -0.15) is 0 Å². The molecule has 10 heteroatoms. The van der Waals surface area contributed by atoms with E-state index in [1.165, 1.54) is 27.7 Å². The van der Waals surface area contributed by atoms with Gasteiger partial charge in [-0.3, -0.25) is 19.2 Å². The van der Waals surface area contributed by atoms with Crippen LogP contribution in [0.3, 0.4) is 0 Å². The van der Waals surface area contributed by atoms with Crippen LogP contribution in [0, 0.1) is 0 Å². The Morgan fingerprint density at radius 1 is 0.958 bits per heavy atom. The average molecular weight is 410 g/mol. The van der Waals surface area contributed by atoms with Crippen LogP contribution in [0.4, 0.5) is 0 Å². The number of amides is 1. The fraction of sp³-hybridized carbons (Fsp3) is 0.714. The summed E-state index contributed by atoms with van der Waals surface area (Å²) in [6.07, 6.45) is -2.96. The molecule has 0 bridgehead atoms. The molecule has 0 spiro atoms. The first-order valence-corrected chi connectivity index (χ1v) is 8.07. The number of hydrogen-bond donors (Lipinski definition) is 1. The molecule has 0 aliphatic carbocycles. The first kappa shape index (κ1) is 20.4. The number of esters is 3. The smallest absolute Gasteiger partial charge is 0.303 e. The van der Waals surface area contributed by atoms with Gasteiger partial charge in [0.1, 0.15) is 23.8 Å². The lowest BCUT2D eigenvalue weighted by Crippen LogP contribution is -2.64. The molecule has 1 rings (SSSR count). The second-order valence-electron chi connectivity index (χ2n) is 5.20. The van der Waals surface area contributed by atoms with E-state index in [2.05, 4.69) is 21.2 Å². The molecule has 24 heavy (non-hydrogen) atoms. The predicted molar refractivity (Wildman–Crippen MR) is 82.9 cm³/mol. The maximum atomic E-state index is 11.4. The maximum Gasteiger partial charge on any atom is 0.303 e. The van der Waals surface area contributed by atoms with Crippen molar-refractivity contribution in [1.29, 1.82) is 0 Å². The van der Waals surface area contributed by atoms with Gasteiger partial charge < -0.3 is 24.3 Å². The van der Waals surface area contributed by atoms with Crippen molar-refractivity contribution in [3.05, 3.63) is 0 Å². The fourth-order valence-electron chi connectivity index (χ4n) is 2.28. The van der Waals surface area contributed by atoms with Crippen LogP contribution in [0.5, 0.6) is 0 Å². The molecule has 1 heterocycles. The Morgan fingerprint density at radius 3 is 1.96 bits per heavy atom. The molecule has 0 unspecified atom stereocenters. The highest BCUT2D eigenvalue weighted by atomic mass is 79.9. The molecule has 5 atom stereocenters. The number of carbonyl (C=O) groups excluding carboxylic acids is 4. The summed E-state index contributed by atoms with van der Waals surface area (Å²) in [5.74, 6) is -2.19. The van der Waals surface area contributed by atoms with Crippen LogP contribution in [0.1, 0.15) is 27.7 Å². The normalized spacial score (nSPS) is 29.3. The number of nitrogens with one attached hydrogen (secondary N) is 1. The first-order chi connectivity index (χ1) is 11.1. The molecule has 0 saturated carbocycles. The van der Waals surface area contributed by atoms with Crippen molar-refractivity contribution in [3.8, 4) is 0 Å². The molecule has 1 amide bonds. The van der Waals surface area contributed by atoms with Gasteiger partial charge in [0.05, 0.1) is 0 Å². The Morgan fingerprint density at radius 2 is 1.50 bits per heavy atom. The van der Waals surface area contributed by atoms with E-state index < -0.39 is 47.3 Å². The van der Waals surface area contributed by atoms with Gasteiger partial charge in [-0.1, -0.05) is 15.9 Å². The third-order valence-electron chi connectivity index (χ3n) is 3.06. The van der Waals surface area contributed by atoms with Crippen molar-refractivity contribution in [2.45, 2.75) is 57.1 Å². The Bertz CT molecular complexity index is 511. The standard InChI is InChI=1S/C14H20BrNO8/c1-6(17)16-11-13(23-9(4)20)12(22-8(3)19)10(24-14(11)15)5-21-7(2)18/h10-14H,5H2,1-4H3,(H,16,17)/t10-,11-,12-,13-,14-/m1/s1. The molecule has 136 valence electrons. The van der Waals surface area contributed by atoms with Gasteiger partial charge in [0, 0.05) is 27.7 Å². The molecule has 0 aromatic rings. The molecule has 0 aromatic heterocycles. The second kappa shape index (κ2) is 8.97. The molecule has 0 aromatic carbocycles. The molecular formula is C14H20BrNO8.